The van der Waals surface area contributed by atoms with Crippen LogP contribution in [0.25, 0.3) is 0 Å². The van der Waals surface area contributed by atoms with Gasteiger partial charge >= 0.3 is 21.5 Å². The van der Waals surface area contributed by atoms with E-state index < -0.39 is 27.5 Å². The summed E-state index contributed by atoms with van der Waals surface area (Å²) in [5.41, 5.74) is -5.54. The Balaban J connectivity index is 3.02. The molecular weight excluding hydrogens is 283 g/mol. The molecule has 0 aliphatic rings. The van der Waals surface area contributed by atoms with Crippen LogP contribution in [-0.2, 0) is 14.8 Å². The predicted octanol–water partition coefficient (Wildman–Crippen LogP) is 1.31. The molecule has 1 atom stereocenters. The van der Waals surface area contributed by atoms with E-state index in [1.807, 2.05) is 0 Å². The van der Waals surface area contributed by atoms with Crippen LogP contribution in [-0.4, -0.2) is 25.0 Å². The largest absolute Gasteiger partial charge is 0.511 e. The number of carbonyl (C=O) groups is 1. The Morgan fingerprint density at radius 1 is 1.47 bits per heavy atom. The fraction of sp³-hybridized carbons (Fsp3) is 0.286. The second-order valence-electron chi connectivity index (χ2n) is 2.85. The van der Waals surface area contributed by atoms with E-state index in [0.717, 1.165) is 16.1 Å². The molecule has 0 aromatic carbocycles. The van der Waals surface area contributed by atoms with Gasteiger partial charge in [-0.05, 0) is 11.4 Å². The van der Waals surface area contributed by atoms with E-state index in [1.165, 1.54) is 17.5 Å². The molecule has 0 amide bonds. The van der Waals surface area contributed by atoms with E-state index >= 15 is 0 Å². The highest BCUT2D eigenvalue weighted by Gasteiger charge is 2.48. The fourth-order valence-corrected chi connectivity index (χ4v) is 2.42. The molecule has 0 radical (unpaired) electrons. The summed E-state index contributed by atoms with van der Waals surface area (Å²) in [6, 6.07) is 0.682. The molecule has 1 heterocycles. The average molecular weight is 289 g/mol. The lowest BCUT2D eigenvalue weighted by molar-refractivity contribution is -0.139. The molecule has 10 heteroatoms. The van der Waals surface area contributed by atoms with Crippen LogP contribution in [0.15, 0.2) is 17.5 Å². The third kappa shape index (κ3) is 3.17. The van der Waals surface area contributed by atoms with Crippen LogP contribution in [0, 0.1) is 0 Å². The lowest BCUT2D eigenvalue weighted by Crippen LogP contribution is -2.41. The van der Waals surface area contributed by atoms with Gasteiger partial charge in [-0.3, -0.25) is 4.79 Å². The summed E-state index contributed by atoms with van der Waals surface area (Å²) in [5, 5.41) is 10.1. The monoisotopic (exact) mass is 289 g/mol. The standard InChI is InChI=1S/C7H6F3NO4S2/c8-7(9,10)17(14,15)11-5(6(12)13)4-2-1-3-16-4/h1-3,5,11H,(H,12,13). The second-order valence-corrected chi connectivity index (χ2v) is 5.54. The number of carboxylic acids is 1. The maximum Gasteiger partial charge on any atom is 0.511 e. The molecule has 0 saturated heterocycles. The van der Waals surface area contributed by atoms with Gasteiger partial charge < -0.3 is 5.11 Å². The van der Waals surface area contributed by atoms with Crippen molar-refractivity contribution in [1.82, 2.24) is 4.72 Å². The van der Waals surface area contributed by atoms with Crippen LogP contribution in [0.3, 0.4) is 0 Å². The lowest BCUT2D eigenvalue weighted by Gasteiger charge is -2.14. The van der Waals surface area contributed by atoms with Crippen molar-refractivity contribution in [1.29, 1.82) is 0 Å². The third-order valence-electron chi connectivity index (χ3n) is 1.65. The molecule has 0 aliphatic carbocycles. The van der Waals surface area contributed by atoms with Crippen molar-refractivity contribution in [2.45, 2.75) is 11.6 Å². The molecule has 1 aromatic heterocycles. The van der Waals surface area contributed by atoms with E-state index in [1.54, 1.807) is 0 Å². The Morgan fingerprint density at radius 2 is 2.06 bits per heavy atom. The first-order valence-electron chi connectivity index (χ1n) is 4.00. The van der Waals surface area contributed by atoms with Crippen molar-refractivity contribution < 1.29 is 31.5 Å². The summed E-state index contributed by atoms with van der Waals surface area (Å²) in [5.74, 6) is -1.71. The van der Waals surface area contributed by atoms with E-state index in [0.29, 0.717) is 0 Å². The number of alkyl halides is 3. The Labute approximate surface area is 97.9 Å². The van der Waals surface area contributed by atoms with Crippen LogP contribution in [0.4, 0.5) is 13.2 Å². The summed E-state index contributed by atoms with van der Waals surface area (Å²) in [4.78, 5) is 10.7. The number of aliphatic carboxylic acids is 1. The number of rotatable bonds is 4. The zero-order chi connectivity index (χ0) is 13.3. The van der Waals surface area contributed by atoms with Crippen LogP contribution < -0.4 is 4.72 Å². The van der Waals surface area contributed by atoms with E-state index in [4.69, 9.17) is 5.11 Å². The molecule has 2 N–H and O–H groups in total. The Hall–Kier alpha value is -1.13. The second kappa shape index (κ2) is 4.63. The summed E-state index contributed by atoms with van der Waals surface area (Å²) in [6.07, 6.45) is 0. The molecule has 0 bridgehead atoms. The molecule has 96 valence electrons. The molecule has 17 heavy (non-hydrogen) atoms. The predicted molar refractivity (Wildman–Crippen MR) is 52.8 cm³/mol. The van der Waals surface area contributed by atoms with Gasteiger partial charge in [0.15, 0.2) is 6.04 Å². The normalized spacial score (nSPS) is 14.5. The molecule has 0 saturated carbocycles. The Morgan fingerprint density at radius 3 is 2.41 bits per heavy atom. The highest BCUT2D eigenvalue weighted by Crippen LogP contribution is 2.26. The zero-order valence-electron chi connectivity index (χ0n) is 7.93. The molecule has 5 nitrogen and oxygen atoms in total. The molecule has 1 rings (SSSR count). The molecule has 0 spiro atoms. The number of nitrogens with one attached hydrogen (secondary N) is 1. The Kier molecular flexibility index (Phi) is 3.79. The number of carboxylic acid groups (broad SMARTS) is 1. The first-order valence-corrected chi connectivity index (χ1v) is 6.36. The van der Waals surface area contributed by atoms with Crippen molar-refractivity contribution in [3.05, 3.63) is 22.4 Å². The van der Waals surface area contributed by atoms with Crippen molar-refractivity contribution in [2.75, 3.05) is 0 Å². The summed E-state index contributed by atoms with van der Waals surface area (Å²) >= 11 is 0.836. The highest BCUT2D eigenvalue weighted by molar-refractivity contribution is 7.90. The van der Waals surface area contributed by atoms with Crippen LogP contribution >= 0.6 is 11.3 Å². The Bertz CT molecular complexity index is 494. The first kappa shape index (κ1) is 13.9. The van der Waals surface area contributed by atoms with Crippen molar-refractivity contribution in [3.8, 4) is 0 Å². The number of hydrogen-bond donors (Lipinski definition) is 2. The summed E-state index contributed by atoms with van der Waals surface area (Å²) in [6.45, 7) is 0. The van der Waals surface area contributed by atoms with Gasteiger partial charge in [-0.25, -0.2) is 8.42 Å². The van der Waals surface area contributed by atoms with Gasteiger partial charge in [0.2, 0.25) is 0 Å². The summed E-state index contributed by atoms with van der Waals surface area (Å²) in [7, 11) is -5.69. The minimum Gasteiger partial charge on any atom is -0.480 e. The van der Waals surface area contributed by atoms with Crippen LogP contribution in [0.1, 0.15) is 10.9 Å². The molecule has 0 aliphatic heterocycles. The maximum atomic E-state index is 12.1. The van der Waals surface area contributed by atoms with Crippen LogP contribution in [0.2, 0.25) is 0 Å². The number of sulfonamides is 1. The van der Waals surface area contributed by atoms with Gasteiger partial charge in [0.25, 0.3) is 0 Å². The van der Waals surface area contributed by atoms with Gasteiger partial charge in [-0.1, -0.05) is 6.07 Å². The van der Waals surface area contributed by atoms with Crippen LogP contribution in [0.5, 0.6) is 0 Å². The molecular formula is C7H6F3NO4S2. The van der Waals surface area contributed by atoms with Gasteiger partial charge in [0.1, 0.15) is 0 Å². The van der Waals surface area contributed by atoms with Gasteiger partial charge in [-0.15, -0.1) is 11.3 Å². The quantitative estimate of drug-likeness (QED) is 0.875. The van der Waals surface area contributed by atoms with Gasteiger partial charge in [0, 0.05) is 4.88 Å². The SMILES string of the molecule is O=C(O)C(NS(=O)(=O)C(F)(F)F)c1cccs1. The highest BCUT2D eigenvalue weighted by atomic mass is 32.2. The van der Waals surface area contributed by atoms with Gasteiger partial charge in [0.05, 0.1) is 0 Å². The van der Waals surface area contributed by atoms with E-state index in [-0.39, 0.29) is 4.88 Å². The van der Waals surface area contributed by atoms with E-state index in [2.05, 4.69) is 0 Å². The van der Waals surface area contributed by atoms with Crippen molar-refractivity contribution in [2.24, 2.45) is 0 Å². The first-order chi connectivity index (χ1) is 7.65. The fourth-order valence-electron chi connectivity index (χ4n) is 0.908. The number of halogens is 3. The minimum absolute atomic E-state index is 0.0367. The third-order valence-corrected chi connectivity index (χ3v) is 3.74. The topological polar surface area (TPSA) is 83.5 Å². The zero-order valence-corrected chi connectivity index (χ0v) is 9.56. The maximum absolute atomic E-state index is 12.1. The number of hydrogen-bond acceptors (Lipinski definition) is 4. The average Bonchev–Trinajstić information content (AvgIpc) is 2.64. The molecule has 1 unspecified atom stereocenters. The smallest absolute Gasteiger partial charge is 0.480 e. The van der Waals surface area contributed by atoms with E-state index in [9.17, 15) is 26.4 Å². The van der Waals surface area contributed by atoms with Crippen molar-refractivity contribution >= 4 is 27.3 Å². The molecule has 1 aromatic rings. The van der Waals surface area contributed by atoms with Gasteiger partial charge in [-0.2, -0.15) is 17.9 Å². The number of thiophene rings is 1. The minimum atomic E-state index is -5.69. The summed E-state index contributed by atoms with van der Waals surface area (Å²) < 4.78 is 58.8. The van der Waals surface area contributed by atoms with Crippen molar-refractivity contribution in [3.63, 3.8) is 0 Å². The lowest BCUT2D eigenvalue weighted by atomic mass is 10.3. The molecule has 0 fully saturated rings.